The smallest absolute Gasteiger partial charge is 0.0535 e. The minimum atomic E-state index is 0.608. The molecular weight excluding hydrogens is 228 g/mol. The molecule has 0 N–H and O–H groups in total. The van der Waals surface area contributed by atoms with Crippen molar-refractivity contribution in [2.45, 2.75) is 19.3 Å². The van der Waals surface area contributed by atoms with Gasteiger partial charge in [0.2, 0.25) is 0 Å². The summed E-state index contributed by atoms with van der Waals surface area (Å²) in [4.78, 5) is 0. The molecule has 0 spiro atoms. The Bertz CT molecular complexity index is 283. The fraction of sp³-hybridized carbons (Fsp3) is 0.455. The van der Waals surface area contributed by atoms with Crippen molar-refractivity contribution in [3.8, 4) is 0 Å². The Labute approximate surface area is 87.2 Å². The van der Waals surface area contributed by atoms with Gasteiger partial charge >= 0.3 is 0 Å². The molecule has 0 aromatic heterocycles. The van der Waals surface area contributed by atoms with Gasteiger partial charge in [0, 0.05) is 17.0 Å². The van der Waals surface area contributed by atoms with Gasteiger partial charge in [-0.15, -0.1) is 0 Å². The molecule has 0 radical (unpaired) electrons. The van der Waals surface area contributed by atoms with E-state index in [0.29, 0.717) is 5.92 Å². The van der Waals surface area contributed by atoms with Crippen LogP contribution in [0.1, 0.15) is 23.5 Å². The van der Waals surface area contributed by atoms with E-state index in [2.05, 4.69) is 41.1 Å². The first kappa shape index (κ1) is 9.22. The molecule has 0 bridgehead atoms. The highest BCUT2D eigenvalue weighted by molar-refractivity contribution is 9.10. The van der Waals surface area contributed by atoms with Gasteiger partial charge in [0.15, 0.2) is 0 Å². The molecule has 0 amide bonds. The zero-order valence-corrected chi connectivity index (χ0v) is 9.30. The summed E-state index contributed by atoms with van der Waals surface area (Å²) >= 11 is 3.52. The Kier molecular flexibility index (Phi) is 2.70. The van der Waals surface area contributed by atoms with Crippen LogP contribution in [0, 0.1) is 6.92 Å². The van der Waals surface area contributed by atoms with Gasteiger partial charge < -0.3 is 4.74 Å². The SMILES string of the molecule is Cc1cc(Br)cc(C2CCOC2)c1. The first-order chi connectivity index (χ1) is 6.25. The second kappa shape index (κ2) is 3.81. The maximum atomic E-state index is 5.38. The quantitative estimate of drug-likeness (QED) is 0.733. The lowest BCUT2D eigenvalue weighted by atomic mass is 9.97. The Hall–Kier alpha value is -0.340. The first-order valence-corrected chi connectivity index (χ1v) is 5.40. The van der Waals surface area contributed by atoms with Gasteiger partial charge in [0.05, 0.1) is 6.61 Å². The molecule has 1 unspecified atom stereocenters. The second-order valence-corrected chi connectivity index (χ2v) is 4.54. The Morgan fingerprint density at radius 3 is 2.85 bits per heavy atom. The van der Waals surface area contributed by atoms with Crippen LogP contribution >= 0.6 is 15.9 Å². The van der Waals surface area contributed by atoms with E-state index in [4.69, 9.17) is 4.74 Å². The number of hydrogen-bond donors (Lipinski definition) is 0. The van der Waals surface area contributed by atoms with Gasteiger partial charge in [-0.3, -0.25) is 0 Å². The Morgan fingerprint density at radius 2 is 2.23 bits per heavy atom. The lowest BCUT2D eigenvalue weighted by Crippen LogP contribution is -1.97. The maximum absolute atomic E-state index is 5.38. The van der Waals surface area contributed by atoms with E-state index >= 15 is 0 Å². The van der Waals surface area contributed by atoms with E-state index in [1.165, 1.54) is 15.6 Å². The molecule has 70 valence electrons. The maximum Gasteiger partial charge on any atom is 0.0535 e. The molecule has 1 aromatic rings. The molecule has 1 saturated heterocycles. The van der Waals surface area contributed by atoms with Crippen LogP contribution in [0.5, 0.6) is 0 Å². The first-order valence-electron chi connectivity index (χ1n) is 4.60. The molecule has 1 aliphatic heterocycles. The van der Waals surface area contributed by atoms with Crippen molar-refractivity contribution in [1.29, 1.82) is 0 Å². The lowest BCUT2D eigenvalue weighted by Gasteiger charge is -2.09. The van der Waals surface area contributed by atoms with Gasteiger partial charge in [-0.25, -0.2) is 0 Å². The molecule has 0 aliphatic carbocycles. The van der Waals surface area contributed by atoms with E-state index in [0.717, 1.165) is 19.6 Å². The highest BCUT2D eigenvalue weighted by Crippen LogP contribution is 2.28. The number of hydrogen-bond acceptors (Lipinski definition) is 1. The summed E-state index contributed by atoms with van der Waals surface area (Å²) in [7, 11) is 0. The van der Waals surface area contributed by atoms with Crippen LogP contribution in [0.25, 0.3) is 0 Å². The van der Waals surface area contributed by atoms with Crippen LogP contribution in [0.3, 0.4) is 0 Å². The lowest BCUT2D eigenvalue weighted by molar-refractivity contribution is 0.194. The summed E-state index contributed by atoms with van der Waals surface area (Å²) in [5, 5.41) is 0. The van der Waals surface area contributed by atoms with Crippen LogP contribution in [-0.2, 0) is 4.74 Å². The molecule has 1 fully saturated rings. The highest BCUT2D eigenvalue weighted by atomic mass is 79.9. The molecule has 13 heavy (non-hydrogen) atoms. The summed E-state index contributed by atoms with van der Waals surface area (Å²) in [6.45, 7) is 3.93. The van der Waals surface area contributed by atoms with Crippen molar-refractivity contribution in [2.75, 3.05) is 13.2 Å². The van der Waals surface area contributed by atoms with E-state index in [-0.39, 0.29) is 0 Å². The summed E-state index contributed by atoms with van der Waals surface area (Å²) < 4.78 is 6.55. The molecule has 1 aliphatic rings. The van der Waals surface area contributed by atoms with Crippen molar-refractivity contribution >= 4 is 15.9 Å². The van der Waals surface area contributed by atoms with E-state index < -0.39 is 0 Å². The third kappa shape index (κ3) is 2.12. The molecular formula is C11H13BrO. The fourth-order valence-corrected chi connectivity index (χ4v) is 2.42. The van der Waals surface area contributed by atoms with Crippen molar-refractivity contribution in [3.63, 3.8) is 0 Å². The van der Waals surface area contributed by atoms with E-state index in [1.807, 2.05) is 0 Å². The number of ether oxygens (including phenoxy) is 1. The van der Waals surface area contributed by atoms with Crippen LogP contribution in [-0.4, -0.2) is 13.2 Å². The zero-order chi connectivity index (χ0) is 9.26. The van der Waals surface area contributed by atoms with Gasteiger partial charge in [-0.2, -0.15) is 0 Å². The van der Waals surface area contributed by atoms with Crippen molar-refractivity contribution in [1.82, 2.24) is 0 Å². The number of aryl methyl sites for hydroxylation is 1. The Balaban J connectivity index is 2.28. The van der Waals surface area contributed by atoms with Crippen molar-refractivity contribution in [3.05, 3.63) is 33.8 Å². The number of rotatable bonds is 1. The van der Waals surface area contributed by atoms with E-state index in [9.17, 15) is 0 Å². The van der Waals surface area contributed by atoms with Crippen molar-refractivity contribution in [2.24, 2.45) is 0 Å². The van der Waals surface area contributed by atoms with Gasteiger partial charge in [0.1, 0.15) is 0 Å². The molecule has 2 heteroatoms. The van der Waals surface area contributed by atoms with Crippen LogP contribution < -0.4 is 0 Å². The minimum Gasteiger partial charge on any atom is -0.381 e. The normalized spacial score (nSPS) is 22.2. The summed E-state index contributed by atoms with van der Waals surface area (Å²) in [5.41, 5.74) is 2.72. The highest BCUT2D eigenvalue weighted by Gasteiger charge is 2.17. The van der Waals surface area contributed by atoms with Gasteiger partial charge in [0.25, 0.3) is 0 Å². The predicted octanol–water partition coefficient (Wildman–Crippen LogP) is 3.26. The summed E-state index contributed by atoms with van der Waals surface area (Å²) in [6.07, 6.45) is 1.16. The second-order valence-electron chi connectivity index (χ2n) is 3.62. The van der Waals surface area contributed by atoms with Crippen LogP contribution in [0.4, 0.5) is 0 Å². The zero-order valence-electron chi connectivity index (χ0n) is 7.72. The van der Waals surface area contributed by atoms with Gasteiger partial charge in [-0.1, -0.05) is 22.0 Å². The molecule has 1 nitrogen and oxygen atoms in total. The van der Waals surface area contributed by atoms with Gasteiger partial charge in [-0.05, 0) is 36.6 Å². The van der Waals surface area contributed by atoms with Crippen LogP contribution in [0.2, 0.25) is 0 Å². The number of benzene rings is 1. The largest absolute Gasteiger partial charge is 0.381 e. The fourth-order valence-electron chi connectivity index (χ4n) is 1.80. The standard InChI is InChI=1S/C11H13BrO/c1-8-4-10(6-11(12)5-8)9-2-3-13-7-9/h4-6,9H,2-3,7H2,1H3. The third-order valence-corrected chi connectivity index (χ3v) is 2.92. The number of halogens is 1. The van der Waals surface area contributed by atoms with Crippen LogP contribution in [0.15, 0.2) is 22.7 Å². The molecule has 1 aromatic carbocycles. The van der Waals surface area contributed by atoms with E-state index in [1.54, 1.807) is 0 Å². The predicted molar refractivity (Wildman–Crippen MR) is 57.1 cm³/mol. The topological polar surface area (TPSA) is 9.23 Å². The average molecular weight is 241 g/mol. The average Bonchev–Trinajstić information content (AvgIpc) is 2.53. The van der Waals surface area contributed by atoms with Crippen molar-refractivity contribution < 1.29 is 4.74 Å². The minimum absolute atomic E-state index is 0.608. The third-order valence-electron chi connectivity index (χ3n) is 2.47. The summed E-state index contributed by atoms with van der Waals surface area (Å²) in [5.74, 6) is 0.608. The Morgan fingerprint density at radius 1 is 1.38 bits per heavy atom. The molecule has 1 heterocycles. The summed E-state index contributed by atoms with van der Waals surface area (Å²) in [6, 6.07) is 6.59. The monoisotopic (exact) mass is 240 g/mol. The molecule has 1 atom stereocenters. The molecule has 0 saturated carbocycles. The molecule has 2 rings (SSSR count).